The predicted octanol–water partition coefficient (Wildman–Crippen LogP) is 1.03. The Bertz CT molecular complexity index is 549. The molecule has 0 atom stereocenters. The van der Waals surface area contributed by atoms with Crippen molar-refractivity contribution in [3.05, 3.63) is 38.9 Å². The first kappa shape index (κ1) is 14.6. The molecule has 0 fully saturated rings. The second-order valence-corrected chi connectivity index (χ2v) is 3.71. The summed E-state index contributed by atoms with van der Waals surface area (Å²) in [4.78, 5) is 21.6. The zero-order valence-electron chi connectivity index (χ0n) is 10.4. The minimum atomic E-state index is -0.644. The molecule has 1 aromatic carbocycles. The summed E-state index contributed by atoms with van der Waals surface area (Å²) in [5.41, 5.74) is 5.73. The zero-order valence-corrected chi connectivity index (χ0v) is 10.4. The number of hydrogen-bond donors (Lipinski definition) is 1. The fourth-order valence-corrected chi connectivity index (χ4v) is 1.70. The van der Waals surface area contributed by atoms with Gasteiger partial charge < -0.3 is 10.5 Å². The summed E-state index contributed by atoms with van der Waals surface area (Å²) in [6.45, 7) is 1.85. The standard InChI is InChI=1S/C12H13N3O4/c1-2-19-11(16)5-8-3-9(6-13)12(15(17)18)10(4-8)7-14/h3-4H,2,5-6,13H2,1H3. The largest absolute Gasteiger partial charge is 0.466 e. The Morgan fingerprint density at radius 2 is 2.26 bits per heavy atom. The maximum Gasteiger partial charge on any atom is 0.310 e. The van der Waals surface area contributed by atoms with Crippen LogP contribution in [0.3, 0.4) is 0 Å². The SMILES string of the molecule is CCOC(=O)Cc1cc(C#N)c([N+](=O)[O-])c(CN)c1. The highest BCUT2D eigenvalue weighted by Crippen LogP contribution is 2.25. The molecule has 0 radical (unpaired) electrons. The van der Waals surface area contributed by atoms with E-state index in [-0.39, 0.29) is 36.4 Å². The molecule has 0 aliphatic rings. The van der Waals surface area contributed by atoms with Crippen molar-refractivity contribution in [1.82, 2.24) is 0 Å². The molecule has 0 aliphatic carbocycles. The number of nitrogens with zero attached hydrogens (tertiary/aromatic N) is 2. The average Bonchev–Trinajstić information content (AvgIpc) is 2.37. The Morgan fingerprint density at radius 3 is 2.74 bits per heavy atom. The number of nitriles is 1. The number of carbonyl (C=O) groups is 1. The molecule has 1 aromatic rings. The van der Waals surface area contributed by atoms with Crippen molar-refractivity contribution in [1.29, 1.82) is 5.26 Å². The first-order valence-corrected chi connectivity index (χ1v) is 5.59. The number of rotatable bonds is 5. The van der Waals surface area contributed by atoms with Crippen LogP contribution >= 0.6 is 0 Å². The highest BCUT2D eigenvalue weighted by molar-refractivity contribution is 5.73. The second kappa shape index (κ2) is 6.47. The summed E-state index contributed by atoms with van der Waals surface area (Å²) in [5, 5.41) is 19.8. The highest BCUT2D eigenvalue weighted by Gasteiger charge is 2.21. The third-order valence-electron chi connectivity index (χ3n) is 2.43. The number of carbonyl (C=O) groups excluding carboxylic acids is 1. The van der Waals surface area contributed by atoms with Crippen LogP contribution < -0.4 is 5.73 Å². The van der Waals surface area contributed by atoms with Crippen molar-refractivity contribution in [2.24, 2.45) is 5.73 Å². The van der Waals surface area contributed by atoms with E-state index in [1.165, 1.54) is 12.1 Å². The quantitative estimate of drug-likeness (QED) is 0.481. The normalized spacial score (nSPS) is 9.74. The van der Waals surface area contributed by atoms with Crippen LogP contribution in [0, 0.1) is 21.4 Å². The molecule has 19 heavy (non-hydrogen) atoms. The fraction of sp³-hybridized carbons (Fsp3) is 0.333. The zero-order chi connectivity index (χ0) is 14.4. The van der Waals surface area contributed by atoms with Crippen molar-refractivity contribution >= 4 is 11.7 Å². The Balaban J connectivity index is 3.21. The van der Waals surface area contributed by atoms with Gasteiger partial charge in [-0.25, -0.2) is 0 Å². The molecule has 1 rings (SSSR count). The maximum atomic E-state index is 11.4. The van der Waals surface area contributed by atoms with Crippen molar-refractivity contribution in [3.8, 4) is 6.07 Å². The molecule has 0 amide bonds. The first-order valence-electron chi connectivity index (χ1n) is 5.59. The number of benzene rings is 1. The van der Waals surface area contributed by atoms with Gasteiger partial charge in [0.25, 0.3) is 5.69 Å². The van der Waals surface area contributed by atoms with Gasteiger partial charge in [-0.3, -0.25) is 14.9 Å². The monoisotopic (exact) mass is 263 g/mol. The van der Waals surface area contributed by atoms with Gasteiger partial charge >= 0.3 is 5.97 Å². The van der Waals surface area contributed by atoms with E-state index in [9.17, 15) is 14.9 Å². The Hall–Kier alpha value is -2.46. The van der Waals surface area contributed by atoms with Gasteiger partial charge in [-0.1, -0.05) is 0 Å². The molecule has 7 nitrogen and oxygen atoms in total. The molecule has 7 heteroatoms. The number of esters is 1. The summed E-state index contributed by atoms with van der Waals surface area (Å²) < 4.78 is 4.78. The van der Waals surface area contributed by atoms with E-state index in [0.717, 1.165) is 0 Å². The van der Waals surface area contributed by atoms with E-state index >= 15 is 0 Å². The Labute approximate surface area is 109 Å². The molecule has 2 N–H and O–H groups in total. The maximum absolute atomic E-state index is 11.4. The van der Waals surface area contributed by atoms with Crippen molar-refractivity contribution < 1.29 is 14.5 Å². The van der Waals surface area contributed by atoms with Gasteiger partial charge in [-0.15, -0.1) is 0 Å². The van der Waals surface area contributed by atoms with Crippen LogP contribution in [0.25, 0.3) is 0 Å². The van der Waals surface area contributed by atoms with E-state index in [2.05, 4.69) is 0 Å². The summed E-state index contributed by atoms with van der Waals surface area (Å²) in [5.74, 6) is -0.455. The van der Waals surface area contributed by atoms with E-state index in [4.69, 9.17) is 15.7 Å². The molecule has 0 bridgehead atoms. The minimum absolute atomic E-state index is 0.0481. The molecule has 0 heterocycles. The van der Waals surface area contributed by atoms with Crippen molar-refractivity contribution in [2.45, 2.75) is 19.9 Å². The molecule has 100 valence electrons. The van der Waals surface area contributed by atoms with Crippen LogP contribution in [0.4, 0.5) is 5.69 Å². The summed E-state index contributed by atoms with van der Waals surface area (Å²) in [6.07, 6.45) is -0.0481. The van der Waals surface area contributed by atoms with Crippen LogP contribution in [-0.2, 0) is 22.5 Å². The fourth-order valence-electron chi connectivity index (χ4n) is 1.70. The van der Waals surface area contributed by atoms with E-state index in [1.807, 2.05) is 0 Å². The average molecular weight is 263 g/mol. The van der Waals surface area contributed by atoms with Gasteiger partial charge in [-0.2, -0.15) is 5.26 Å². The molecule has 0 spiro atoms. The van der Waals surface area contributed by atoms with Gasteiger partial charge in [-0.05, 0) is 24.6 Å². The number of ether oxygens (including phenoxy) is 1. The molecule has 0 saturated heterocycles. The number of nitro benzene ring substituents is 1. The van der Waals surface area contributed by atoms with Crippen LogP contribution in [0.1, 0.15) is 23.6 Å². The lowest BCUT2D eigenvalue weighted by atomic mass is 10.0. The lowest BCUT2D eigenvalue weighted by molar-refractivity contribution is -0.385. The van der Waals surface area contributed by atoms with E-state index in [1.54, 1.807) is 13.0 Å². The lowest BCUT2D eigenvalue weighted by Crippen LogP contribution is -2.10. The Kier molecular flexibility index (Phi) is 4.97. The Morgan fingerprint density at radius 1 is 1.58 bits per heavy atom. The smallest absolute Gasteiger partial charge is 0.310 e. The van der Waals surface area contributed by atoms with Gasteiger partial charge in [0.05, 0.1) is 18.0 Å². The van der Waals surface area contributed by atoms with Crippen LogP contribution in [0.15, 0.2) is 12.1 Å². The van der Waals surface area contributed by atoms with E-state index < -0.39 is 10.9 Å². The van der Waals surface area contributed by atoms with Gasteiger partial charge in [0, 0.05) is 12.1 Å². The third-order valence-corrected chi connectivity index (χ3v) is 2.43. The first-order chi connectivity index (χ1) is 9.03. The lowest BCUT2D eigenvalue weighted by Gasteiger charge is -2.06. The molecule has 0 saturated carbocycles. The van der Waals surface area contributed by atoms with Crippen molar-refractivity contribution in [3.63, 3.8) is 0 Å². The van der Waals surface area contributed by atoms with E-state index in [0.29, 0.717) is 5.56 Å². The topological polar surface area (TPSA) is 119 Å². The molecule has 0 aliphatic heterocycles. The number of hydrogen-bond acceptors (Lipinski definition) is 6. The summed E-state index contributed by atoms with van der Waals surface area (Å²) >= 11 is 0. The molecular weight excluding hydrogens is 250 g/mol. The number of nitro groups is 1. The minimum Gasteiger partial charge on any atom is -0.466 e. The third kappa shape index (κ3) is 3.50. The summed E-state index contributed by atoms with van der Waals surface area (Å²) in [6, 6.07) is 4.52. The molecular formula is C12H13N3O4. The molecule has 0 aromatic heterocycles. The predicted molar refractivity (Wildman–Crippen MR) is 66.0 cm³/mol. The van der Waals surface area contributed by atoms with Crippen LogP contribution in [0.2, 0.25) is 0 Å². The van der Waals surface area contributed by atoms with Crippen LogP contribution in [-0.4, -0.2) is 17.5 Å². The second-order valence-electron chi connectivity index (χ2n) is 3.71. The highest BCUT2D eigenvalue weighted by atomic mass is 16.6. The number of nitrogens with two attached hydrogens (primary N) is 1. The summed E-state index contributed by atoms with van der Waals surface area (Å²) in [7, 11) is 0. The van der Waals surface area contributed by atoms with Gasteiger partial charge in [0.1, 0.15) is 11.6 Å². The van der Waals surface area contributed by atoms with Crippen molar-refractivity contribution in [2.75, 3.05) is 6.61 Å². The van der Waals surface area contributed by atoms with Crippen LogP contribution in [0.5, 0.6) is 0 Å². The van der Waals surface area contributed by atoms with Gasteiger partial charge in [0.2, 0.25) is 0 Å². The van der Waals surface area contributed by atoms with Gasteiger partial charge in [0.15, 0.2) is 0 Å². The molecule has 0 unspecified atom stereocenters.